The molecule has 0 amide bonds. The van der Waals surface area contributed by atoms with Gasteiger partial charge in [-0.3, -0.25) is 37.3 Å². The molecule has 0 saturated carbocycles. The smallest absolute Gasteiger partial charge is 0.462 e. The maximum atomic E-state index is 13.1. The molecule has 0 bridgehead atoms. The number of rotatable bonds is 81. The maximum absolute atomic E-state index is 13.1. The van der Waals surface area contributed by atoms with Gasteiger partial charge in [-0.05, 0) is 37.5 Å². The fourth-order valence-electron chi connectivity index (χ4n) is 12.7. The van der Waals surface area contributed by atoms with Crippen LogP contribution in [0.1, 0.15) is 433 Å². The quantitative estimate of drug-likeness (QED) is 0.0222. The molecule has 0 aromatic rings. The van der Waals surface area contributed by atoms with Crippen LogP contribution in [-0.4, -0.2) is 96.7 Å². The standard InChI is InChI=1S/C82H160O17P2/c1-7-9-11-13-15-17-19-21-22-23-24-25-26-27-30-35-39-43-47-55-61-67-81(86)98-77(70-92-79(84)64-58-52-45-41-37-34-31-28-29-33-36-40-44-50-56-62-74(3)4)72-96-100(88,89)94-68-76(83)69-95-101(90,91)97-73-78(71-93-80(85)65-59-53-49-48-51-57-63-75(5)6)99-82(87)66-60-54-46-42-38-32-20-18-16-14-12-10-8-2/h74-78,83H,7-73H2,1-6H3,(H,88,89)(H,90,91)/t76-,77-,78-/m1/s1. The van der Waals surface area contributed by atoms with E-state index in [1.807, 2.05) is 0 Å². The molecule has 0 aliphatic rings. The molecule has 19 heteroatoms. The molecule has 0 saturated heterocycles. The van der Waals surface area contributed by atoms with Gasteiger partial charge < -0.3 is 33.8 Å². The topological polar surface area (TPSA) is 237 Å². The minimum atomic E-state index is -4.96. The highest BCUT2D eigenvalue weighted by molar-refractivity contribution is 7.47. The summed E-state index contributed by atoms with van der Waals surface area (Å²) in [7, 11) is -9.92. The third-order valence-corrected chi connectivity index (χ3v) is 21.1. The molecular formula is C82H160O17P2. The number of aliphatic hydroxyl groups excluding tert-OH is 1. The molecule has 2 unspecified atom stereocenters. The van der Waals surface area contributed by atoms with E-state index in [-0.39, 0.29) is 25.7 Å². The van der Waals surface area contributed by atoms with Crippen molar-refractivity contribution in [2.24, 2.45) is 11.8 Å². The molecule has 0 heterocycles. The Kier molecular flexibility index (Phi) is 72.2. The van der Waals surface area contributed by atoms with Gasteiger partial charge in [0, 0.05) is 25.7 Å². The molecule has 5 atom stereocenters. The van der Waals surface area contributed by atoms with Crippen LogP contribution < -0.4 is 0 Å². The van der Waals surface area contributed by atoms with E-state index in [2.05, 4.69) is 41.5 Å². The van der Waals surface area contributed by atoms with Crippen molar-refractivity contribution in [3.63, 3.8) is 0 Å². The number of esters is 4. The van der Waals surface area contributed by atoms with Gasteiger partial charge in [0.15, 0.2) is 12.2 Å². The normalized spacial score (nSPS) is 13.9. The Bertz CT molecular complexity index is 1940. The van der Waals surface area contributed by atoms with Gasteiger partial charge in [-0.25, -0.2) is 9.13 Å². The number of carbonyl (C=O) groups is 4. The molecule has 0 fully saturated rings. The third kappa shape index (κ3) is 76.1. The first-order chi connectivity index (χ1) is 48.9. The maximum Gasteiger partial charge on any atom is 0.472 e. The number of unbranched alkanes of at least 4 members (excludes halogenated alkanes) is 51. The highest BCUT2D eigenvalue weighted by Gasteiger charge is 2.30. The fourth-order valence-corrected chi connectivity index (χ4v) is 14.3. The van der Waals surface area contributed by atoms with Crippen LogP contribution >= 0.6 is 15.6 Å². The Balaban J connectivity index is 5.20. The van der Waals surface area contributed by atoms with Crippen LogP contribution in [0.15, 0.2) is 0 Å². The van der Waals surface area contributed by atoms with Crippen LogP contribution in [0.2, 0.25) is 0 Å². The first-order valence-electron chi connectivity index (χ1n) is 42.5. The summed E-state index contributed by atoms with van der Waals surface area (Å²) in [5, 5.41) is 10.6. The highest BCUT2D eigenvalue weighted by atomic mass is 31.2. The van der Waals surface area contributed by atoms with Crippen LogP contribution in [0.5, 0.6) is 0 Å². The van der Waals surface area contributed by atoms with Crippen LogP contribution in [-0.2, 0) is 65.4 Å². The summed E-state index contributed by atoms with van der Waals surface area (Å²) in [5.41, 5.74) is 0. The summed E-state index contributed by atoms with van der Waals surface area (Å²) in [5.74, 6) is -0.624. The summed E-state index contributed by atoms with van der Waals surface area (Å²) in [6.45, 7) is 9.58. The molecule has 600 valence electrons. The molecule has 0 rings (SSSR count). The monoisotopic (exact) mass is 1480 g/mol. The second-order valence-corrected chi connectivity index (χ2v) is 33.4. The zero-order valence-corrected chi connectivity index (χ0v) is 68.0. The fraction of sp³-hybridized carbons (Fsp3) is 0.951. The van der Waals surface area contributed by atoms with Gasteiger partial charge >= 0.3 is 39.5 Å². The van der Waals surface area contributed by atoms with Crippen LogP contribution in [0.25, 0.3) is 0 Å². The number of aliphatic hydroxyl groups is 1. The number of ether oxygens (including phenoxy) is 4. The largest absolute Gasteiger partial charge is 0.472 e. The van der Waals surface area contributed by atoms with E-state index in [9.17, 15) is 43.2 Å². The molecule has 3 N–H and O–H groups in total. The number of hydrogen-bond acceptors (Lipinski definition) is 15. The van der Waals surface area contributed by atoms with E-state index in [0.717, 1.165) is 102 Å². The molecule has 101 heavy (non-hydrogen) atoms. The van der Waals surface area contributed by atoms with Gasteiger partial charge in [-0.1, -0.05) is 382 Å². The van der Waals surface area contributed by atoms with Crippen molar-refractivity contribution in [2.45, 2.75) is 452 Å². The lowest BCUT2D eigenvalue weighted by molar-refractivity contribution is -0.161. The van der Waals surface area contributed by atoms with Gasteiger partial charge in [0.05, 0.1) is 26.4 Å². The van der Waals surface area contributed by atoms with Crippen molar-refractivity contribution in [3.05, 3.63) is 0 Å². The lowest BCUT2D eigenvalue weighted by Crippen LogP contribution is -2.30. The van der Waals surface area contributed by atoms with Crippen molar-refractivity contribution in [1.29, 1.82) is 0 Å². The molecule has 0 spiro atoms. The van der Waals surface area contributed by atoms with Crippen molar-refractivity contribution in [3.8, 4) is 0 Å². The van der Waals surface area contributed by atoms with E-state index < -0.39 is 97.5 Å². The summed E-state index contributed by atoms with van der Waals surface area (Å²) in [6, 6.07) is 0. The molecule has 0 aliphatic heterocycles. The second-order valence-electron chi connectivity index (χ2n) is 30.5. The van der Waals surface area contributed by atoms with Gasteiger partial charge in [0.2, 0.25) is 0 Å². The molecule has 0 aromatic heterocycles. The Morgan fingerprint density at radius 1 is 0.267 bits per heavy atom. The number of phosphoric ester groups is 2. The molecular weight excluding hydrogens is 1320 g/mol. The number of phosphoric acid groups is 2. The number of carbonyl (C=O) groups excluding carboxylic acids is 4. The van der Waals surface area contributed by atoms with E-state index in [0.29, 0.717) is 31.6 Å². The first kappa shape index (κ1) is 99.1. The van der Waals surface area contributed by atoms with Crippen molar-refractivity contribution < 1.29 is 80.2 Å². The average Bonchev–Trinajstić information content (AvgIpc) is 1.15. The predicted octanol–water partition coefficient (Wildman–Crippen LogP) is 24.7. The van der Waals surface area contributed by atoms with E-state index in [1.54, 1.807) is 0 Å². The van der Waals surface area contributed by atoms with Crippen LogP contribution in [0.3, 0.4) is 0 Å². The summed E-state index contributed by atoms with van der Waals surface area (Å²) >= 11 is 0. The average molecular weight is 1480 g/mol. The SMILES string of the molecule is CCCCCCCCCCCCCCCCCCCCCCCC(=O)O[C@H](COC(=O)CCCCCCCCCCCCCCCCCC(C)C)COP(=O)(O)OC[C@@H](O)COP(=O)(O)OC[C@@H](COC(=O)CCCCCCCCC(C)C)OC(=O)CCCCCCCCCCCCCCC. The van der Waals surface area contributed by atoms with Crippen molar-refractivity contribution >= 4 is 39.5 Å². The van der Waals surface area contributed by atoms with Gasteiger partial charge in [0.1, 0.15) is 19.3 Å². The lowest BCUT2D eigenvalue weighted by Gasteiger charge is -2.21. The number of hydrogen-bond donors (Lipinski definition) is 3. The molecule has 0 aromatic carbocycles. The molecule has 17 nitrogen and oxygen atoms in total. The Morgan fingerprint density at radius 3 is 0.673 bits per heavy atom. The van der Waals surface area contributed by atoms with Crippen LogP contribution in [0, 0.1) is 11.8 Å². The summed E-state index contributed by atoms with van der Waals surface area (Å²) in [4.78, 5) is 73.0. The molecule has 0 radical (unpaired) electrons. The van der Waals surface area contributed by atoms with Gasteiger partial charge in [0.25, 0.3) is 0 Å². The van der Waals surface area contributed by atoms with Crippen molar-refractivity contribution in [2.75, 3.05) is 39.6 Å². The Labute approximate surface area is 619 Å². The minimum Gasteiger partial charge on any atom is -0.462 e. The summed E-state index contributed by atoms with van der Waals surface area (Å²) < 4.78 is 68.7. The zero-order chi connectivity index (χ0) is 74.2. The van der Waals surface area contributed by atoms with Gasteiger partial charge in [-0.2, -0.15) is 0 Å². The van der Waals surface area contributed by atoms with Gasteiger partial charge in [-0.15, -0.1) is 0 Å². The highest BCUT2D eigenvalue weighted by Crippen LogP contribution is 2.45. The molecule has 0 aliphatic carbocycles. The zero-order valence-electron chi connectivity index (χ0n) is 66.2. The van der Waals surface area contributed by atoms with E-state index in [4.69, 9.17) is 37.0 Å². The second kappa shape index (κ2) is 73.6. The Morgan fingerprint density at radius 2 is 0.455 bits per heavy atom. The predicted molar refractivity (Wildman–Crippen MR) is 414 cm³/mol. The lowest BCUT2D eigenvalue weighted by atomic mass is 10.0. The van der Waals surface area contributed by atoms with E-state index >= 15 is 0 Å². The minimum absolute atomic E-state index is 0.107. The van der Waals surface area contributed by atoms with Crippen molar-refractivity contribution in [1.82, 2.24) is 0 Å². The van der Waals surface area contributed by atoms with E-state index in [1.165, 1.54) is 244 Å². The first-order valence-corrected chi connectivity index (χ1v) is 45.5. The third-order valence-electron chi connectivity index (χ3n) is 19.2. The Hall–Kier alpha value is -1.94. The summed E-state index contributed by atoms with van der Waals surface area (Å²) in [6.07, 6.45) is 64.1. The van der Waals surface area contributed by atoms with Crippen LogP contribution in [0.4, 0.5) is 0 Å².